The van der Waals surface area contributed by atoms with Gasteiger partial charge in [0.15, 0.2) is 0 Å². The fourth-order valence-corrected chi connectivity index (χ4v) is 3.05. The van der Waals surface area contributed by atoms with E-state index in [0.717, 1.165) is 33.1 Å². The molecule has 0 unspecified atom stereocenters. The number of hydrogen-bond donors (Lipinski definition) is 0. The molecular formula is C18H11N3. The summed E-state index contributed by atoms with van der Waals surface area (Å²) in [6.45, 7) is 0. The molecule has 0 saturated carbocycles. The van der Waals surface area contributed by atoms with E-state index in [2.05, 4.69) is 50.8 Å². The van der Waals surface area contributed by atoms with Crippen molar-refractivity contribution < 1.29 is 0 Å². The maximum Gasteiger partial charge on any atom is 0.146 e. The van der Waals surface area contributed by atoms with Gasteiger partial charge in [0.05, 0.1) is 11.0 Å². The molecule has 0 atom stereocenters. The molecule has 0 fully saturated rings. The lowest BCUT2D eigenvalue weighted by Crippen LogP contribution is -1.92. The van der Waals surface area contributed by atoms with Crippen LogP contribution in [0, 0.1) is 0 Å². The first-order valence-corrected chi connectivity index (χ1v) is 6.95. The SMILES string of the molecule is c1ccc2c(c1)cnc1c2ccc2nc3ccccc3n21. The fourth-order valence-electron chi connectivity index (χ4n) is 3.05. The molecule has 5 aromatic rings. The number of para-hydroxylation sites is 2. The molecule has 0 radical (unpaired) electrons. The van der Waals surface area contributed by atoms with E-state index in [0.29, 0.717) is 0 Å². The van der Waals surface area contributed by atoms with Crippen LogP contribution in [0.1, 0.15) is 0 Å². The highest BCUT2D eigenvalue weighted by Gasteiger charge is 2.09. The smallest absolute Gasteiger partial charge is 0.146 e. The van der Waals surface area contributed by atoms with Crippen LogP contribution in [-0.2, 0) is 0 Å². The first-order valence-electron chi connectivity index (χ1n) is 6.95. The Bertz CT molecular complexity index is 1140. The number of pyridine rings is 2. The standard InChI is InChI=1S/C18H11N3/c1-2-6-13-12(5-1)11-19-18-14(13)9-10-17-20-15-7-3-4-8-16(15)21(17)18/h1-11H. The third kappa shape index (κ3) is 1.37. The number of rotatable bonds is 0. The highest BCUT2D eigenvalue weighted by molar-refractivity contribution is 6.05. The molecule has 3 heterocycles. The summed E-state index contributed by atoms with van der Waals surface area (Å²) in [5.74, 6) is 0. The minimum absolute atomic E-state index is 0.937. The molecule has 3 nitrogen and oxygen atoms in total. The van der Waals surface area contributed by atoms with Gasteiger partial charge in [-0.15, -0.1) is 0 Å². The molecule has 0 aliphatic rings. The number of aromatic nitrogens is 3. The van der Waals surface area contributed by atoms with Gasteiger partial charge in [0.25, 0.3) is 0 Å². The Morgan fingerprint density at radius 1 is 0.762 bits per heavy atom. The van der Waals surface area contributed by atoms with Crippen molar-refractivity contribution in [2.75, 3.05) is 0 Å². The zero-order chi connectivity index (χ0) is 13.8. The molecule has 0 saturated heterocycles. The van der Waals surface area contributed by atoms with E-state index < -0.39 is 0 Å². The van der Waals surface area contributed by atoms with E-state index in [9.17, 15) is 0 Å². The van der Waals surface area contributed by atoms with Gasteiger partial charge in [-0.1, -0.05) is 36.4 Å². The third-order valence-corrected chi connectivity index (χ3v) is 4.02. The number of hydrogen-bond acceptors (Lipinski definition) is 2. The second-order valence-electron chi connectivity index (χ2n) is 5.21. The summed E-state index contributed by atoms with van der Waals surface area (Å²) in [5.41, 5.74) is 3.99. The average molecular weight is 269 g/mol. The predicted octanol–water partition coefficient (Wildman–Crippen LogP) is 4.19. The van der Waals surface area contributed by atoms with Crippen LogP contribution >= 0.6 is 0 Å². The first kappa shape index (κ1) is 10.8. The molecule has 5 rings (SSSR count). The van der Waals surface area contributed by atoms with Gasteiger partial charge < -0.3 is 0 Å². The van der Waals surface area contributed by atoms with Gasteiger partial charge in [-0.25, -0.2) is 9.97 Å². The summed E-state index contributed by atoms with van der Waals surface area (Å²) in [7, 11) is 0. The first-order chi connectivity index (χ1) is 10.4. The van der Waals surface area contributed by atoms with E-state index in [1.165, 1.54) is 5.39 Å². The van der Waals surface area contributed by atoms with Crippen LogP contribution in [0.5, 0.6) is 0 Å². The van der Waals surface area contributed by atoms with Crippen molar-refractivity contribution in [2.45, 2.75) is 0 Å². The zero-order valence-electron chi connectivity index (χ0n) is 11.2. The Hall–Kier alpha value is -2.94. The number of benzene rings is 2. The van der Waals surface area contributed by atoms with Crippen LogP contribution in [-0.4, -0.2) is 14.4 Å². The lowest BCUT2D eigenvalue weighted by molar-refractivity contribution is 1.23. The molecule has 2 aromatic carbocycles. The maximum absolute atomic E-state index is 4.68. The minimum atomic E-state index is 0.937. The molecule has 21 heavy (non-hydrogen) atoms. The van der Waals surface area contributed by atoms with Crippen LogP contribution in [0.4, 0.5) is 0 Å². The highest BCUT2D eigenvalue weighted by atomic mass is 15.1. The van der Waals surface area contributed by atoms with E-state index in [-0.39, 0.29) is 0 Å². The summed E-state index contributed by atoms with van der Waals surface area (Å²) < 4.78 is 2.14. The number of fused-ring (bicyclic) bond motifs is 7. The van der Waals surface area contributed by atoms with Crippen LogP contribution in [0.25, 0.3) is 38.5 Å². The molecule has 0 spiro atoms. The lowest BCUT2D eigenvalue weighted by Gasteiger charge is -2.05. The second kappa shape index (κ2) is 3.79. The van der Waals surface area contributed by atoms with Crippen molar-refractivity contribution >= 4 is 38.5 Å². The number of imidazole rings is 1. The Balaban J connectivity index is 2.11. The second-order valence-corrected chi connectivity index (χ2v) is 5.21. The van der Waals surface area contributed by atoms with Gasteiger partial charge in [-0.3, -0.25) is 4.40 Å². The summed E-state index contributed by atoms with van der Waals surface area (Å²) in [5, 5.41) is 3.54. The van der Waals surface area contributed by atoms with Gasteiger partial charge >= 0.3 is 0 Å². The van der Waals surface area contributed by atoms with E-state index in [1.807, 2.05) is 30.5 Å². The highest BCUT2D eigenvalue weighted by Crippen LogP contribution is 2.27. The van der Waals surface area contributed by atoms with Gasteiger partial charge in [-0.2, -0.15) is 0 Å². The molecule has 0 aliphatic carbocycles. The maximum atomic E-state index is 4.68. The third-order valence-electron chi connectivity index (χ3n) is 4.02. The normalized spacial score (nSPS) is 11.8. The Morgan fingerprint density at radius 3 is 2.62 bits per heavy atom. The zero-order valence-corrected chi connectivity index (χ0v) is 11.2. The monoisotopic (exact) mass is 269 g/mol. The van der Waals surface area contributed by atoms with Crippen molar-refractivity contribution in [1.29, 1.82) is 0 Å². The average Bonchev–Trinajstić information content (AvgIpc) is 2.93. The van der Waals surface area contributed by atoms with Gasteiger partial charge in [0.2, 0.25) is 0 Å². The summed E-state index contributed by atoms with van der Waals surface area (Å²) >= 11 is 0. The van der Waals surface area contributed by atoms with Crippen LogP contribution < -0.4 is 0 Å². The predicted molar refractivity (Wildman–Crippen MR) is 85.5 cm³/mol. The van der Waals surface area contributed by atoms with Crippen LogP contribution in [0.2, 0.25) is 0 Å². The van der Waals surface area contributed by atoms with Crippen molar-refractivity contribution in [3.05, 3.63) is 66.9 Å². The van der Waals surface area contributed by atoms with E-state index in [4.69, 9.17) is 0 Å². The topological polar surface area (TPSA) is 30.2 Å². The van der Waals surface area contributed by atoms with Gasteiger partial charge in [0.1, 0.15) is 11.3 Å². The van der Waals surface area contributed by atoms with Crippen LogP contribution in [0.3, 0.4) is 0 Å². The Morgan fingerprint density at radius 2 is 1.62 bits per heavy atom. The summed E-state index contributed by atoms with van der Waals surface area (Å²) in [6, 6.07) is 20.7. The van der Waals surface area contributed by atoms with Crippen molar-refractivity contribution in [2.24, 2.45) is 0 Å². The van der Waals surface area contributed by atoms with E-state index >= 15 is 0 Å². The lowest BCUT2D eigenvalue weighted by atomic mass is 10.1. The van der Waals surface area contributed by atoms with Gasteiger partial charge in [-0.05, 0) is 29.7 Å². The minimum Gasteiger partial charge on any atom is -0.276 e. The molecule has 3 aromatic heterocycles. The Kier molecular flexibility index (Phi) is 1.95. The summed E-state index contributed by atoms with van der Waals surface area (Å²) in [6.07, 6.45) is 1.94. The van der Waals surface area contributed by atoms with Crippen molar-refractivity contribution in [1.82, 2.24) is 14.4 Å². The van der Waals surface area contributed by atoms with E-state index in [1.54, 1.807) is 0 Å². The molecule has 0 N–H and O–H groups in total. The Labute approximate surface area is 120 Å². The number of nitrogens with zero attached hydrogens (tertiary/aromatic N) is 3. The van der Waals surface area contributed by atoms with Crippen molar-refractivity contribution in [3.8, 4) is 0 Å². The molecule has 98 valence electrons. The quantitative estimate of drug-likeness (QED) is 0.395. The molecule has 0 amide bonds. The van der Waals surface area contributed by atoms with Gasteiger partial charge in [0, 0.05) is 17.0 Å². The molecule has 0 aliphatic heterocycles. The van der Waals surface area contributed by atoms with Crippen LogP contribution in [0.15, 0.2) is 66.9 Å². The fraction of sp³-hybridized carbons (Fsp3) is 0. The van der Waals surface area contributed by atoms with Crippen molar-refractivity contribution in [3.63, 3.8) is 0 Å². The molecule has 3 heteroatoms. The molecular weight excluding hydrogens is 258 g/mol. The summed E-state index contributed by atoms with van der Waals surface area (Å²) in [4.78, 5) is 9.35. The molecule has 0 bridgehead atoms. The largest absolute Gasteiger partial charge is 0.276 e.